The molecule has 0 unspecified atom stereocenters. The number of halogens is 7. The Labute approximate surface area is 222 Å². The van der Waals surface area contributed by atoms with Crippen LogP contribution in [0.3, 0.4) is 0 Å². The second-order valence-electron chi connectivity index (χ2n) is 7.83. The Hall–Kier alpha value is -4.41. The molecule has 3 aromatic heterocycles. The minimum Gasteiger partial charge on any atom is -0.382 e. The zero-order chi connectivity index (χ0) is 28.5. The zero-order valence-corrected chi connectivity index (χ0v) is 20.7. The highest BCUT2D eigenvalue weighted by molar-refractivity contribution is 9.10. The number of benzene rings is 1. The van der Waals surface area contributed by atoms with E-state index in [1.165, 1.54) is 28.8 Å². The number of hydrogen-bond donors (Lipinski definition) is 4. The first-order valence-electron chi connectivity index (χ1n) is 10.6. The van der Waals surface area contributed by atoms with Crippen LogP contribution >= 0.6 is 15.9 Å². The summed E-state index contributed by atoms with van der Waals surface area (Å²) in [7, 11) is 0. The number of nitrogens with one attached hydrogen (secondary N) is 3. The smallest absolute Gasteiger partial charge is 0.382 e. The largest absolute Gasteiger partial charge is 0.416 e. The summed E-state index contributed by atoms with van der Waals surface area (Å²) < 4.78 is 78.0. The molecule has 4 rings (SSSR count). The molecule has 0 radical (unpaired) electrons. The average Bonchev–Trinajstić information content (AvgIpc) is 3.16. The molecule has 204 valence electrons. The van der Waals surface area contributed by atoms with E-state index in [1.807, 2.05) is 0 Å². The molecule has 1 aromatic carbocycles. The van der Waals surface area contributed by atoms with Crippen molar-refractivity contribution in [3.63, 3.8) is 0 Å². The van der Waals surface area contributed by atoms with Crippen LogP contribution in [0, 0.1) is 0 Å². The third-order valence-corrected chi connectivity index (χ3v) is 5.87. The molecule has 10 nitrogen and oxygen atoms in total. The highest BCUT2D eigenvalue weighted by Crippen LogP contribution is 2.38. The lowest BCUT2D eigenvalue weighted by Gasteiger charge is -2.11. The summed E-state index contributed by atoms with van der Waals surface area (Å²) in [6, 6.07) is 6.18. The molecule has 0 bridgehead atoms. The van der Waals surface area contributed by atoms with Gasteiger partial charge in [0.25, 0.3) is 5.91 Å². The molecule has 0 aliphatic carbocycles. The maximum atomic E-state index is 12.9. The van der Waals surface area contributed by atoms with Crippen LogP contribution in [0.15, 0.2) is 53.5 Å². The Bertz CT molecular complexity index is 1550. The Morgan fingerprint density at radius 1 is 1.00 bits per heavy atom. The summed E-state index contributed by atoms with van der Waals surface area (Å²) in [6.07, 6.45) is -7.29. The number of amides is 3. The summed E-state index contributed by atoms with van der Waals surface area (Å²) in [6.45, 7) is -1.58. The van der Waals surface area contributed by atoms with E-state index in [1.54, 1.807) is 5.32 Å². The van der Waals surface area contributed by atoms with Crippen molar-refractivity contribution >= 4 is 50.7 Å². The maximum Gasteiger partial charge on any atom is 0.416 e. The minimum absolute atomic E-state index is 0.0245. The molecular weight excluding hydrogens is 602 g/mol. The Morgan fingerprint density at radius 2 is 1.69 bits per heavy atom. The summed E-state index contributed by atoms with van der Waals surface area (Å²) in [4.78, 5) is 32.6. The topological polar surface area (TPSA) is 139 Å². The fraction of sp³-hybridized carbons (Fsp3) is 0.136. The summed E-state index contributed by atoms with van der Waals surface area (Å²) in [5.41, 5.74) is 5.54. The van der Waals surface area contributed by atoms with Crippen LogP contribution in [0.25, 0.3) is 16.6 Å². The van der Waals surface area contributed by atoms with Gasteiger partial charge in [0.1, 0.15) is 28.8 Å². The molecule has 0 saturated heterocycles. The number of nitrogen functional groups attached to an aromatic ring is 1. The first-order chi connectivity index (χ1) is 18.2. The van der Waals surface area contributed by atoms with Crippen LogP contribution in [0.4, 0.5) is 48.5 Å². The number of anilines is 3. The van der Waals surface area contributed by atoms with Crippen molar-refractivity contribution in [1.29, 1.82) is 0 Å². The molecule has 0 aliphatic heterocycles. The van der Waals surface area contributed by atoms with E-state index in [-0.39, 0.29) is 38.6 Å². The van der Waals surface area contributed by atoms with E-state index in [9.17, 15) is 35.9 Å². The molecule has 0 fully saturated rings. The van der Waals surface area contributed by atoms with Crippen LogP contribution in [-0.4, -0.2) is 44.2 Å². The van der Waals surface area contributed by atoms with E-state index in [4.69, 9.17) is 5.73 Å². The Kier molecular flexibility index (Phi) is 7.36. The summed E-state index contributed by atoms with van der Waals surface area (Å²) >= 11 is 3.18. The van der Waals surface area contributed by atoms with Crippen LogP contribution in [-0.2, 0) is 6.18 Å². The van der Waals surface area contributed by atoms with E-state index >= 15 is 0 Å². The predicted molar refractivity (Wildman–Crippen MR) is 131 cm³/mol. The standard InChI is InChI=1S/C22H15BrF6N8O2/c23-17-15(19(38)32-8-21(24,25)26)14(16-18(30)33-9-34-37(16)17)10-1-3-12(4-2-10)35-20(39)36-13-7-11(5-6-31-13)22(27,28)29/h1-7,9H,8H2,(H,32,38)(H2,30,33,34)(H2,31,35,36,39). The first-order valence-corrected chi connectivity index (χ1v) is 11.4. The molecule has 3 amide bonds. The predicted octanol–water partition coefficient (Wildman–Crippen LogP) is 5.09. The lowest BCUT2D eigenvalue weighted by atomic mass is 10.0. The molecule has 39 heavy (non-hydrogen) atoms. The fourth-order valence-corrected chi connectivity index (χ4v) is 4.16. The van der Waals surface area contributed by atoms with Gasteiger partial charge >= 0.3 is 18.4 Å². The molecule has 0 atom stereocenters. The lowest BCUT2D eigenvalue weighted by Crippen LogP contribution is -2.34. The number of aromatic nitrogens is 4. The van der Waals surface area contributed by atoms with Crippen LogP contribution in [0.5, 0.6) is 0 Å². The van der Waals surface area contributed by atoms with Crippen molar-refractivity contribution in [2.45, 2.75) is 12.4 Å². The number of carbonyl (C=O) groups excluding carboxylic acids is 2. The zero-order valence-electron chi connectivity index (χ0n) is 19.2. The number of carbonyl (C=O) groups is 2. The van der Waals surface area contributed by atoms with Crippen molar-refractivity contribution in [3.05, 3.63) is 64.7 Å². The van der Waals surface area contributed by atoms with Gasteiger partial charge in [0, 0.05) is 17.4 Å². The third-order valence-electron chi connectivity index (χ3n) is 5.13. The maximum absolute atomic E-state index is 12.9. The molecule has 5 N–H and O–H groups in total. The van der Waals surface area contributed by atoms with Gasteiger partial charge in [0.05, 0.1) is 11.1 Å². The monoisotopic (exact) mass is 616 g/mol. The van der Waals surface area contributed by atoms with E-state index in [0.717, 1.165) is 18.6 Å². The number of hydrogen-bond acceptors (Lipinski definition) is 6. The van der Waals surface area contributed by atoms with Crippen molar-refractivity contribution in [2.24, 2.45) is 0 Å². The Balaban J connectivity index is 1.61. The van der Waals surface area contributed by atoms with Gasteiger partial charge in [-0.3, -0.25) is 10.1 Å². The summed E-state index contributed by atoms with van der Waals surface area (Å²) in [5.74, 6) is -1.46. The SMILES string of the molecule is Nc1ncnn2c(Br)c(C(=O)NCC(F)(F)F)c(-c3ccc(NC(=O)Nc4cc(C(F)(F)F)ccn4)cc3)c12. The minimum atomic E-state index is -4.65. The lowest BCUT2D eigenvalue weighted by molar-refractivity contribution is -0.137. The van der Waals surface area contributed by atoms with E-state index < -0.39 is 36.4 Å². The number of fused-ring (bicyclic) bond motifs is 1. The first kappa shape index (κ1) is 27.6. The van der Waals surface area contributed by atoms with Crippen molar-refractivity contribution < 1.29 is 35.9 Å². The number of nitrogens with zero attached hydrogens (tertiary/aromatic N) is 4. The molecule has 4 aromatic rings. The average molecular weight is 617 g/mol. The van der Waals surface area contributed by atoms with Gasteiger partial charge in [-0.1, -0.05) is 12.1 Å². The normalized spacial score (nSPS) is 11.9. The number of pyridine rings is 1. The van der Waals surface area contributed by atoms with Crippen LogP contribution < -0.4 is 21.7 Å². The van der Waals surface area contributed by atoms with Crippen LogP contribution in [0.1, 0.15) is 15.9 Å². The number of rotatable bonds is 5. The molecule has 0 aliphatic rings. The van der Waals surface area contributed by atoms with Gasteiger partial charge in [0.2, 0.25) is 0 Å². The molecule has 17 heteroatoms. The van der Waals surface area contributed by atoms with E-state index in [2.05, 4.69) is 41.6 Å². The molecule has 3 heterocycles. The second-order valence-corrected chi connectivity index (χ2v) is 8.58. The number of alkyl halides is 6. The third kappa shape index (κ3) is 6.19. The van der Waals surface area contributed by atoms with Gasteiger partial charge in [-0.2, -0.15) is 31.4 Å². The van der Waals surface area contributed by atoms with Crippen molar-refractivity contribution in [2.75, 3.05) is 22.9 Å². The molecule has 0 spiro atoms. The molecular formula is C22H15BrF6N8O2. The fourth-order valence-electron chi connectivity index (χ4n) is 3.51. The number of urea groups is 1. The van der Waals surface area contributed by atoms with Gasteiger partial charge in [-0.15, -0.1) is 0 Å². The second kappa shape index (κ2) is 10.4. The van der Waals surface area contributed by atoms with Crippen molar-refractivity contribution in [3.8, 4) is 11.1 Å². The van der Waals surface area contributed by atoms with Gasteiger partial charge < -0.3 is 16.4 Å². The highest BCUT2D eigenvalue weighted by atomic mass is 79.9. The Morgan fingerprint density at radius 3 is 2.33 bits per heavy atom. The van der Waals surface area contributed by atoms with Gasteiger partial charge in [-0.05, 0) is 45.8 Å². The van der Waals surface area contributed by atoms with Crippen LogP contribution in [0.2, 0.25) is 0 Å². The van der Waals surface area contributed by atoms with Gasteiger partial charge in [-0.25, -0.2) is 19.3 Å². The molecule has 0 saturated carbocycles. The quantitative estimate of drug-likeness (QED) is 0.230. The van der Waals surface area contributed by atoms with Crippen molar-refractivity contribution in [1.82, 2.24) is 24.9 Å². The highest BCUT2D eigenvalue weighted by Gasteiger charge is 2.32. The number of nitrogens with two attached hydrogens (primary N) is 1. The van der Waals surface area contributed by atoms with E-state index in [0.29, 0.717) is 11.6 Å². The van der Waals surface area contributed by atoms with Gasteiger partial charge in [0.15, 0.2) is 5.82 Å². The summed E-state index contributed by atoms with van der Waals surface area (Å²) in [5, 5.41) is 10.4.